The maximum atomic E-state index is 14.1. The molecule has 1 aliphatic heterocycles. The number of likely N-dealkylation sites (tertiary alicyclic amines) is 1. The summed E-state index contributed by atoms with van der Waals surface area (Å²) in [5.74, 6) is 1.36. The zero-order valence-corrected chi connectivity index (χ0v) is 35.1. The lowest BCUT2D eigenvalue weighted by molar-refractivity contribution is -0.250. The van der Waals surface area contributed by atoms with Crippen molar-refractivity contribution in [2.75, 3.05) is 19.3 Å². The van der Waals surface area contributed by atoms with E-state index in [4.69, 9.17) is 4.74 Å². The first-order valence-corrected chi connectivity index (χ1v) is 22.6. The van der Waals surface area contributed by atoms with Crippen LogP contribution < -0.4 is 4.72 Å². The van der Waals surface area contributed by atoms with Crippen LogP contribution in [0.15, 0.2) is 12.2 Å². The third kappa shape index (κ3) is 7.05. The van der Waals surface area contributed by atoms with Crippen LogP contribution in [0.25, 0.3) is 0 Å². The molecule has 53 heavy (non-hydrogen) atoms. The van der Waals surface area contributed by atoms with Crippen LogP contribution in [0.3, 0.4) is 0 Å². The molecule has 9 nitrogen and oxygen atoms in total. The van der Waals surface area contributed by atoms with E-state index in [-0.39, 0.29) is 63.9 Å². The van der Waals surface area contributed by atoms with Crippen LogP contribution in [0.1, 0.15) is 145 Å². The molecule has 1 amide bonds. The molecule has 1 heterocycles. The molecule has 10 heteroatoms. The van der Waals surface area contributed by atoms with Crippen molar-refractivity contribution in [3.05, 3.63) is 12.2 Å². The maximum Gasteiger partial charge on any atom is 0.306 e. The highest BCUT2D eigenvalue weighted by molar-refractivity contribution is 7.88. The Morgan fingerprint density at radius 1 is 0.887 bits per heavy atom. The molecule has 2 N–H and O–H groups in total. The Bertz CT molecular complexity index is 1610. The van der Waals surface area contributed by atoms with Crippen LogP contribution in [0, 0.1) is 62.1 Å². The van der Waals surface area contributed by atoms with Gasteiger partial charge in [-0.05, 0) is 134 Å². The van der Waals surface area contributed by atoms with Gasteiger partial charge in [0.05, 0.1) is 19.1 Å². The topological polar surface area (TPSA) is 130 Å². The van der Waals surface area contributed by atoms with Crippen molar-refractivity contribution in [3.63, 3.8) is 0 Å². The van der Waals surface area contributed by atoms with Crippen LogP contribution in [0.2, 0.25) is 0 Å². The van der Waals surface area contributed by atoms with Gasteiger partial charge in [0.1, 0.15) is 6.10 Å². The molecule has 0 radical (unpaired) electrons. The first-order valence-electron chi connectivity index (χ1n) is 20.7. The summed E-state index contributed by atoms with van der Waals surface area (Å²) in [6, 6.07) is -0.210. The van der Waals surface area contributed by atoms with Crippen LogP contribution in [-0.2, 0) is 29.1 Å². The van der Waals surface area contributed by atoms with Gasteiger partial charge in [0, 0.05) is 31.0 Å². The summed E-state index contributed by atoms with van der Waals surface area (Å²) >= 11 is 0. The van der Waals surface area contributed by atoms with Gasteiger partial charge in [0.25, 0.3) is 0 Å². The molecule has 11 atom stereocenters. The average molecular weight is 759 g/mol. The lowest BCUT2D eigenvalue weighted by atomic mass is 9.32. The number of allylic oxidation sites excluding steroid dienone is 1. The normalized spacial score (nSPS) is 42.1. The predicted molar refractivity (Wildman–Crippen MR) is 207 cm³/mol. The minimum absolute atomic E-state index is 0.0412. The monoisotopic (exact) mass is 758 g/mol. The van der Waals surface area contributed by atoms with E-state index in [1.165, 1.54) is 24.7 Å². The summed E-state index contributed by atoms with van der Waals surface area (Å²) in [6.07, 6.45) is 13.1. The van der Waals surface area contributed by atoms with Crippen molar-refractivity contribution in [2.24, 2.45) is 62.1 Å². The molecule has 6 aliphatic rings. The molecular formula is C43H70N2O7S. The quantitative estimate of drug-likeness (QED) is 0.171. The molecule has 0 aromatic heterocycles. The van der Waals surface area contributed by atoms with Crippen molar-refractivity contribution in [3.8, 4) is 0 Å². The minimum Gasteiger partial charge on any atom is -0.481 e. The average Bonchev–Trinajstić information content (AvgIpc) is 3.62. The van der Waals surface area contributed by atoms with Gasteiger partial charge in [-0.3, -0.25) is 14.4 Å². The largest absolute Gasteiger partial charge is 0.481 e. The van der Waals surface area contributed by atoms with Crippen LogP contribution >= 0.6 is 0 Å². The highest BCUT2D eigenvalue weighted by Gasteiger charge is 2.71. The number of fused-ring (bicyclic) bond motifs is 7. The Morgan fingerprint density at radius 2 is 1.58 bits per heavy atom. The number of carboxylic acid groups (broad SMARTS) is 1. The molecule has 0 unspecified atom stereocenters. The Balaban J connectivity index is 1.21. The zero-order chi connectivity index (χ0) is 39.2. The number of hydrogen-bond acceptors (Lipinski definition) is 6. The van der Waals surface area contributed by atoms with Crippen molar-refractivity contribution in [2.45, 2.75) is 157 Å². The number of carbonyl (C=O) groups excluding carboxylic acids is 2. The van der Waals surface area contributed by atoms with Crippen LogP contribution in [0.4, 0.5) is 0 Å². The van der Waals surface area contributed by atoms with E-state index in [2.05, 4.69) is 52.8 Å². The van der Waals surface area contributed by atoms with Crippen LogP contribution in [-0.4, -0.2) is 67.8 Å². The smallest absolute Gasteiger partial charge is 0.306 e. The molecule has 0 aromatic carbocycles. The fourth-order valence-electron chi connectivity index (χ4n) is 14.6. The zero-order valence-electron chi connectivity index (χ0n) is 34.3. The molecule has 6 rings (SSSR count). The molecule has 300 valence electrons. The van der Waals surface area contributed by atoms with Gasteiger partial charge >= 0.3 is 11.9 Å². The molecular weight excluding hydrogens is 689 g/mol. The lowest BCUT2D eigenvalue weighted by Gasteiger charge is -2.73. The second kappa shape index (κ2) is 13.6. The number of ether oxygens (including phenoxy) is 1. The van der Waals surface area contributed by atoms with E-state index in [1.54, 1.807) is 0 Å². The first kappa shape index (κ1) is 40.7. The number of sulfonamides is 1. The highest BCUT2D eigenvalue weighted by Crippen LogP contribution is 2.78. The van der Waals surface area contributed by atoms with Gasteiger partial charge in [-0.25, -0.2) is 13.1 Å². The van der Waals surface area contributed by atoms with Crippen molar-refractivity contribution in [1.82, 2.24) is 9.62 Å². The van der Waals surface area contributed by atoms with Gasteiger partial charge in [-0.1, -0.05) is 60.6 Å². The Labute approximate surface area is 320 Å². The summed E-state index contributed by atoms with van der Waals surface area (Å²) in [4.78, 5) is 40.7. The van der Waals surface area contributed by atoms with Crippen molar-refractivity contribution in [1.29, 1.82) is 0 Å². The number of carboxylic acids is 1. The number of nitrogens with one attached hydrogen (secondary N) is 1. The standard InChI is InChI=1S/C43H70N2O7S/c1-27(2)29-13-19-43(23-34(46)45-22-16-28(26-45)44-53(10,50)51)21-20-41(8)30(37(29)43)11-12-32-40(7)17-15-33(39(5,6)31(40)14-18-42(32,41)9)52-36(49)25-38(3,4)24-35(47)48/h28-33,37,44H,1,11-26H2,2-10H3,(H,47,48)/t28-,29-,30+,31-,32+,33-,37+,40-,41+,42+,43+/m0/s1. The number of aliphatic carboxylic acids is 1. The Hall–Kier alpha value is -1.94. The number of esters is 1. The minimum atomic E-state index is -3.32. The van der Waals surface area contributed by atoms with E-state index in [0.29, 0.717) is 55.5 Å². The molecule has 1 saturated heterocycles. The van der Waals surface area contributed by atoms with Gasteiger partial charge in [0.15, 0.2) is 0 Å². The maximum absolute atomic E-state index is 14.1. The van der Waals surface area contributed by atoms with Gasteiger partial charge in [-0.2, -0.15) is 0 Å². The summed E-state index contributed by atoms with van der Waals surface area (Å²) in [7, 11) is -3.32. The molecule has 0 bridgehead atoms. The van der Waals surface area contributed by atoms with E-state index < -0.39 is 21.4 Å². The lowest BCUT2D eigenvalue weighted by Crippen LogP contribution is -2.67. The number of hydrogen-bond donors (Lipinski definition) is 2. The summed E-state index contributed by atoms with van der Waals surface area (Å²) in [5.41, 5.74) is 0.786. The predicted octanol–water partition coefficient (Wildman–Crippen LogP) is 7.99. The van der Waals surface area contributed by atoms with Gasteiger partial charge in [0.2, 0.25) is 15.9 Å². The Kier molecular flexibility index (Phi) is 10.5. The summed E-state index contributed by atoms with van der Waals surface area (Å²) in [5, 5.41) is 9.35. The number of rotatable bonds is 10. The van der Waals surface area contributed by atoms with E-state index in [9.17, 15) is 27.9 Å². The van der Waals surface area contributed by atoms with Crippen LogP contribution in [0.5, 0.6) is 0 Å². The second-order valence-electron chi connectivity index (χ2n) is 21.2. The molecule has 6 fully saturated rings. The SMILES string of the molecule is C=C(C)[C@@H]1CC[C@]2(CC(=O)N3CC[C@H](NS(C)(=O)=O)C3)CC[C@]3(C)[C@H](CC[C@@H]4[C@@]5(C)CC[C@H](OC(=O)CC(C)(C)CC(=O)O)C(C)(C)[C@@H]5CC[C@]43C)[C@@H]12. The van der Waals surface area contributed by atoms with Crippen molar-refractivity contribution >= 4 is 27.9 Å². The molecule has 0 aromatic rings. The summed E-state index contributed by atoms with van der Waals surface area (Å²) < 4.78 is 32.8. The van der Waals surface area contributed by atoms with Crippen molar-refractivity contribution < 1.29 is 32.6 Å². The number of carbonyl (C=O) groups is 3. The molecule has 0 spiro atoms. The fraction of sp³-hybridized carbons (Fsp3) is 0.884. The van der Waals surface area contributed by atoms with Gasteiger partial charge < -0.3 is 14.7 Å². The fourth-order valence-corrected chi connectivity index (χ4v) is 15.4. The highest BCUT2D eigenvalue weighted by atomic mass is 32.2. The summed E-state index contributed by atoms with van der Waals surface area (Å²) in [6.45, 7) is 23.9. The third-order valence-corrected chi connectivity index (χ3v) is 17.9. The number of nitrogens with zero attached hydrogens (tertiary/aromatic N) is 1. The van der Waals surface area contributed by atoms with E-state index in [0.717, 1.165) is 51.4 Å². The molecule has 5 aliphatic carbocycles. The molecule has 5 saturated carbocycles. The second-order valence-corrected chi connectivity index (χ2v) is 23.0. The number of amides is 1. The van der Waals surface area contributed by atoms with E-state index >= 15 is 0 Å². The van der Waals surface area contributed by atoms with E-state index in [1.807, 2.05) is 18.7 Å². The Morgan fingerprint density at radius 3 is 2.23 bits per heavy atom. The third-order valence-electron chi connectivity index (χ3n) is 17.1. The van der Waals surface area contributed by atoms with Gasteiger partial charge in [-0.15, -0.1) is 0 Å². The first-order chi connectivity index (χ1) is 24.4.